The number of halogens is 1. The minimum atomic E-state index is -0.808. The number of hydrogen-bond donors (Lipinski definition) is 2. The summed E-state index contributed by atoms with van der Waals surface area (Å²) < 4.78 is 0. The molecule has 0 amide bonds. The van der Waals surface area contributed by atoms with E-state index < -0.39 is 5.60 Å². The summed E-state index contributed by atoms with van der Waals surface area (Å²) in [6.45, 7) is 9.29. The maximum Gasteiger partial charge on any atom is 0.162 e. The van der Waals surface area contributed by atoms with Crippen LogP contribution in [-0.4, -0.2) is 70.2 Å². The molecule has 6 heteroatoms. The highest BCUT2D eigenvalue weighted by Crippen LogP contribution is 2.78. The van der Waals surface area contributed by atoms with Crippen LogP contribution in [0.2, 0.25) is 5.02 Å². The predicted octanol–water partition coefficient (Wildman–Crippen LogP) is 8.79. The van der Waals surface area contributed by atoms with Crippen LogP contribution in [0.15, 0.2) is 78.4 Å². The average molecular weight is 723 g/mol. The van der Waals surface area contributed by atoms with Gasteiger partial charge in [0, 0.05) is 65.5 Å². The van der Waals surface area contributed by atoms with Gasteiger partial charge in [-0.1, -0.05) is 105 Å². The van der Waals surface area contributed by atoms with Gasteiger partial charge < -0.3 is 10.2 Å². The summed E-state index contributed by atoms with van der Waals surface area (Å²) in [6.07, 6.45) is 19.0. The number of hydrogen-bond acceptors (Lipinski definition) is 5. The summed E-state index contributed by atoms with van der Waals surface area (Å²) in [7, 11) is 0. The third kappa shape index (κ3) is 5.19. The maximum absolute atomic E-state index is 14.9. The van der Waals surface area contributed by atoms with Gasteiger partial charge in [-0.25, -0.2) is 0 Å². The lowest BCUT2D eigenvalue weighted by Crippen LogP contribution is -2.67. The molecular formula is C46H59ClN2O3. The van der Waals surface area contributed by atoms with Gasteiger partial charge in [0.15, 0.2) is 5.78 Å². The number of aliphatic hydroxyl groups is 2. The fraction of sp³-hybridized carbons (Fsp3) is 0.630. The zero-order chi connectivity index (χ0) is 35.9. The summed E-state index contributed by atoms with van der Waals surface area (Å²) in [5.74, 6) is 1.13. The normalized spacial score (nSPS) is 41.2. The van der Waals surface area contributed by atoms with E-state index in [2.05, 4.69) is 84.3 Å². The Bertz CT molecular complexity index is 1730. The number of carbonyl (C=O) groups is 1. The summed E-state index contributed by atoms with van der Waals surface area (Å²) >= 11 is 6.30. The molecule has 5 fully saturated rings. The number of nitrogens with zero attached hydrogens (tertiary/aromatic N) is 2. The topological polar surface area (TPSA) is 64.0 Å². The van der Waals surface area contributed by atoms with Gasteiger partial charge in [-0.05, 0) is 98.3 Å². The molecule has 10 rings (SSSR count). The lowest BCUT2D eigenvalue weighted by atomic mass is 9.32. The SMILES string of the molecule is C[C@]12CC[C@H]3[C@]4(C=C[C@@]5(C=C4C(=O)C4CCCCC4)CC(O)CC[C@]35C)[C@@H]1CC[C@@]2(O)CN1CCN(C(c2ccccc2)c2ccc(Cl)cc2)CC1. The molecule has 278 valence electrons. The molecule has 2 aromatic rings. The van der Waals surface area contributed by atoms with E-state index in [4.69, 9.17) is 11.6 Å². The first-order valence-corrected chi connectivity index (χ1v) is 21.1. The predicted molar refractivity (Wildman–Crippen MR) is 208 cm³/mol. The molecule has 2 spiro atoms. The van der Waals surface area contributed by atoms with Crippen LogP contribution < -0.4 is 0 Å². The van der Waals surface area contributed by atoms with Crippen LogP contribution >= 0.6 is 11.6 Å². The Kier molecular flexibility index (Phi) is 8.79. The second-order valence-corrected chi connectivity index (χ2v) is 19.1. The van der Waals surface area contributed by atoms with Crippen molar-refractivity contribution in [2.24, 2.45) is 39.4 Å². The van der Waals surface area contributed by atoms with Crippen LogP contribution in [0, 0.1) is 39.4 Å². The Hall–Kier alpha value is -2.28. The van der Waals surface area contributed by atoms with Crippen LogP contribution in [0.3, 0.4) is 0 Å². The molecule has 2 bridgehead atoms. The molecule has 0 aromatic heterocycles. The Balaban J connectivity index is 0.993. The van der Waals surface area contributed by atoms with E-state index >= 15 is 0 Å². The molecule has 52 heavy (non-hydrogen) atoms. The van der Waals surface area contributed by atoms with Gasteiger partial charge in [0.2, 0.25) is 0 Å². The maximum atomic E-state index is 14.9. The van der Waals surface area contributed by atoms with Gasteiger partial charge in [-0.3, -0.25) is 14.6 Å². The molecule has 1 heterocycles. The van der Waals surface area contributed by atoms with Gasteiger partial charge >= 0.3 is 0 Å². The number of piperazine rings is 1. The van der Waals surface area contributed by atoms with Crippen LogP contribution in [0.1, 0.15) is 108 Å². The number of rotatable bonds is 7. The average Bonchev–Trinajstić information content (AvgIpc) is 3.43. The molecule has 1 saturated heterocycles. The van der Waals surface area contributed by atoms with Crippen molar-refractivity contribution in [2.45, 2.75) is 109 Å². The molecule has 0 radical (unpaired) electrons. The van der Waals surface area contributed by atoms with Crippen LogP contribution in [0.4, 0.5) is 0 Å². The highest BCUT2D eigenvalue weighted by molar-refractivity contribution is 6.30. The molecule has 8 aliphatic rings. The van der Waals surface area contributed by atoms with E-state index in [1.54, 1.807) is 0 Å². The summed E-state index contributed by atoms with van der Waals surface area (Å²) in [4.78, 5) is 20.0. The number of carbonyl (C=O) groups excluding carboxylic acids is 1. The van der Waals surface area contributed by atoms with E-state index in [-0.39, 0.29) is 45.6 Å². The third-order valence-electron chi connectivity index (χ3n) is 16.5. The van der Waals surface area contributed by atoms with Gasteiger partial charge in [0.25, 0.3) is 0 Å². The fourth-order valence-corrected chi connectivity index (χ4v) is 13.8. The first kappa shape index (κ1) is 35.4. The summed E-state index contributed by atoms with van der Waals surface area (Å²) in [5, 5.41) is 24.8. The first-order valence-electron chi connectivity index (χ1n) is 20.7. The summed E-state index contributed by atoms with van der Waals surface area (Å²) in [5.41, 5.74) is 1.99. The highest BCUT2D eigenvalue weighted by Gasteiger charge is 2.74. The van der Waals surface area contributed by atoms with E-state index in [9.17, 15) is 15.0 Å². The highest BCUT2D eigenvalue weighted by atomic mass is 35.5. The van der Waals surface area contributed by atoms with Crippen molar-refractivity contribution in [2.75, 3.05) is 32.7 Å². The molecule has 7 aliphatic carbocycles. The van der Waals surface area contributed by atoms with E-state index in [0.29, 0.717) is 18.2 Å². The van der Waals surface area contributed by atoms with E-state index in [1.165, 1.54) is 17.5 Å². The second kappa shape index (κ2) is 12.9. The molecule has 5 nitrogen and oxygen atoms in total. The lowest BCUT2D eigenvalue weighted by molar-refractivity contribution is -0.180. The minimum Gasteiger partial charge on any atom is -0.393 e. The van der Waals surface area contributed by atoms with Crippen molar-refractivity contribution in [3.05, 3.63) is 94.5 Å². The monoisotopic (exact) mass is 722 g/mol. The number of fused-ring (bicyclic) bond motifs is 1. The van der Waals surface area contributed by atoms with Gasteiger partial charge in [-0.15, -0.1) is 0 Å². The summed E-state index contributed by atoms with van der Waals surface area (Å²) in [6, 6.07) is 19.3. The minimum absolute atomic E-state index is 0.0229. The van der Waals surface area contributed by atoms with Crippen LogP contribution in [-0.2, 0) is 4.79 Å². The van der Waals surface area contributed by atoms with E-state index in [1.807, 2.05) is 12.1 Å². The third-order valence-corrected chi connectivity index (χ3v) is 16.8. The van der Waals surface area contributed by atoms with E-state index in [0.717, 1.165) is 107 Å². The number of Topliss-reactive ketones (excluding diaryl/α,β-unsaturated/α-hetero) is 1. The molecule has 2 N–H and O–H groups in total. The number of β-amino-alcohol motifs (C(OH)–C–C–N with tert-alkyl or cyclic N) is 1. The van der Waals surface area contributed by atoms with Crippen molar-refractivity contribution < 1.29 is 15.0 Å². The first-order chi connectivity index (χ1) is 25.0. The van der Waals surface area contributed by atoms with Crippen molar-refractivity contribution in [1.29, 1.82) is 0 Å². The molecule has 2 unspecified atom stereocenters. The standard InChI is InChI=1S/C46H59ClN2O3/c1-42-20-17-36(50)29-44(42)23-24-46(37(30-44)41(51)34-11-7-4-8-12-34)38(42)18-21-43(2)39(46)19-22-45(43,52)31-48-25-27-49(28-26-48)40(32-9-5-3-6-10-32)33-13-15-35(47)16-14-33/h3,5-6,9-10,13-16,23-24,30,34,36,38-40,50,52H,4,7-8,11-12,17-22,25-29,31H2,1-2H3/t36?,38-,39-,40?,42-,43+,44+,45-,46-/m1/s1. The molecule has 9 atom stereocenters. The fourth-order valence-electron chi connectivity index (χ4n) is 13.6. The number of ketones is 1. The van der Waals surface area contributed by atoms with Crippen molar-refractivity contribution in [3.8, 4) is 0 Å². The van der Waals surface area contributed by atoms with Crippen LogP contribution in [0.5, 0.6) is 0 Å². The zero-order valence-corrected chi connectivity index (χ0v) is 32.2. The molecule has 1 aliphatic heterocycles. The van der Waals surface area contributed by atoms with Crippen molar-refractivity contribution in [1.82, 2.24) is 9.80 Å². The quantitative estimate of drug-likeness (QED) is 0.280. The van der Waals surface area contributed by atoms with Crippen molar-refractivity contribution >= 4 is 17.4 Å². The number of benzene rings is 2. The van der Waals surface area contributed by atoms with Gasteiger partial charge in [0.1, 0.15) is 0 Å². The van der Waals surface area contributed by atoms with Crippen molar-refractivity contribution in [3.63, 3.8) is 0 Å². The molecule has 2 aromatic carbocycles. The largest absolute Gasteiger partial charge is 0.393 e. The molecule has 4 saturated carbocycles. The molecular weight excluding hydrogens is 664 g/mol. The smallest absolute Gasteiger partial charge is 0.162 e. The van der Waals surface area contributed by atoms with Crippen LogP contribution in [0.25, 0.3) is 0 Å². The Morgan fingerprint density at radius 2 is 1.46 bits per heavy atom. The number of allylic oxidation sites excluding steroid dienone is 4. The van der Waals surface area contributed by atoms with Gasteiger partial charge in [-0.2, -0.15) is 0 Å². The second-order valence-electron chi connectivity index (χ2n) is 18.7. The zero-order valence-electron chi connectivity index (χ0n) is 31.4. The lowest BCUT2D eigenvalue weighted by Gasteiger charge is -2.71. The Morgan fingerprint density at radius 3 is 2.19 bits per heavy atom. The Morgan fingerprint density at radius 1 is 0.808 bits per heavy atom. The number of aliphatic hydroxyl groups excluding tert-OH is 1. The van der Waals surface area contributed by atoms with Gasteiger partial charge in [0.05, 0.1) is 17.7 Å². The Labute approximate surface area is 316 Å².